The normalized spacial score (nSPS) is 11.4. The number of halogens is 2. The van der Waals surface area contributed by atoms with E-state index in [9.17, 15) is 13.6 Å². The molecular weight excluding hydrogens is 406 g/mol. The molecule has 0 aliphatic heterocycles. The lowest BCUT2D eigenvalue weighted by Gasteiger charge is -2.15. The molecule has 1 heterocycles. The molecule has 164 valence electrons. The van der Waals surface area contributed by atoms with E-state index in [-0.39, 0.29) is 18.1 Å². The van der Waals surface area contributed by atoms with Gasteiger partial charge in [0.25, 0.3) is 0 Å². The summed E-state index contributed by atoms with van der Waals surface area (Å²) in [5, 5.41) is 0.870. The molecule has 3 aromatic carbocycles. The van der Waals surface area contributed by atoms with E-state index in [0.717, 1.165) is 34.3 Å². The fraction of sp³-hybridized carbons (Fsp3) is 0.222. The molecule has 0 spiro atoms. The first-order valence-corrected chi connectivity index (χ1v) is 10.8. The van der Waals surface area contributed by atoms with Gasteiger partial charge in [-0.05, 0) is 47.7 Å². The van der Waals surface area contributed by atoms with E-state index in [1.807, 2.05) is 36.4 Å². The lowest BCUT2D eigenvalue weighted by Crippen LogP contribution is -2.11. The van der Waals surface area contributed by atoms with Gasteiger partial charge in [0.2, 0.25) is 0 Å². The molecule has 0 unspecified atom stereocenters. The van der Waals surface area contributed by atoms with Crippen molar-refractivity contribution in [2.24, 2.45) is 0 Å². The SMILES string of the molecule is CC(C)c1c(C(=O)CCc2ccc(F)c(F)c2)c2ccc(N)cc2n1Cc1ccccc1. The number of nitrogens with two attached hydrogens (primary N) is 1. The average molecular weight is 433 g/mol. The summed E-state index contributed by atoms with van der Waals surface area (Å²) in [6.07, 6.45) is 0.549. The van der Waals surface area contributed by atoms with Crippen molar-refractivity contribution in [2.45, 2.75) is 39.2 Å². The molecule has 0 aliphatic rings. The third-order valence-corrected chi connectivity index (χ3v) is 5.76. The van der Waals surface area contributed by atoms with Crippen molar-refractivity contribution >= 4 is 22.4 Å². The monoisotopic (exact) mass is 432 g/mol. The van der Waals surface area contributed by atoms with Gasteiger partial charge in [0.1, 0.15) is 0 Å². The zero-order chi connectivity index (χ0) is 22.8. The Labute approximate surface area is 186 Å². The highest BCUT2D eigenvalue weighted by Crippen LogP contribution is 2.34. The highest BCUT2D eigenvalue weighted by Gasteiger charge is 2.24. The highest BCUT2D eigenvalue weighted by molar-refractivity contribution is 6.10. The van der Waals surface area contributed by atoms with Crippen molar-refractivity contribution in [3.63, 3.8) is 0 Å². The average Bonchev–Trinajstić information content (AvgIpc) is 3.08. The van der Waals surface area contributed by atoms with Crippen LogP contribution in [-0.4, -0.2) is 10.4 Å². The Morgan fingerprint density at radius 3 is 2.38 bits per heavy atom. The number of ketones is 1. The predicted octanol–water partition coefficient (Wildman–Crippen LogP) is 6.49. The minimum atomic E-state index is -0.896. The van der Waals surface area contributed by atoms with Crippen molar-refractivity contribution in [3.8, 4) is 0 Å². The lowest BCUT2D eigenvalue weighted by atomic mass is 9.96. The number of carbonyl (C=O) groups excluding carboxylic acids is 1. The van der Waals surface area contributed by atoms with Gasteiger partial charge in [-0.15, -0.1) is 0 Å². The predicted molar refractivity (Wildman–Crippen MR) is 125 cm³/mol. The molecule has 0 atom stereocenters. The van der Waals surface area contributed by atoms with E-state index in [1.54, 1.807) is 0 Å². The number of benzene rings is 3. The summed E-state index contributed by atoms with van der Waals surface area (Å²) in [5.41, 5.74) is 11.0. The molecule has 5 heteroatoms. The van der Waals surface area contributed by atoms with Gasteiger partial charge in [-0.1, -0.05) is 56.3 Å². The maximum atomic E-state index is 13.6. The fourth-order valence-electron chi connectivity index (χ4n) is 4.29. The van der Waals surface area contributed by atoms with E-state index in [2.05, 4.69) is 30.5 Å². The number of aryl methyl sites for hydroxylation is 1. The summed E-state index contributed by atoms with van der Waals surface area (Å²) in [7, 11) is 0. The molecule has 32 heavy (non-hydrogen) atoms. The largest absolute Gasteiger partial charge is 0.399 e. The van der Waals surface area contributed by atoms with Crippen LogP contribution in [0.2, 0.25) is 0 Å². The number of anilines is 1. The Bertz CT molecular complexity index is 1280. The van der Waals surface area contributed by atoms with E-state index < -0.39 is 11.6 Å². The second-order valence-corrected chi connectivity index (χ2v) is 8.43. The van der Waals surface area contributed by atoms with Gasteiger partial charge < -0.3 is 10.3 Å². The van der Waals surface area contributed by atoms with Gasteiger partial charge in [-0.3, -0.25) is 4.79 Å². The van der Waals surface area contributed by atoms with Crippen LogP contribution in [-0.2, 0) is 13.0 Å². The van der Waals surface area contributed by atoms with Crippen LogP contribution in [0.5, 0.6) is 0 Å². The third kappa shape index (κ3) is 4.28. The van der Waals surface area contributed by atoms with Crippen LogP contribution >= 0.6 is 0 Å². The van der Waals surface area contributed by atoms with Crippen LogP contribution in [0.3, 0.4) is 0 Å². The molecule has 1 aromatic heterocycles. The van der Waals surface area contributed by atoms with Crippen LogP contribution in [0.15, 0.2) is 66.7 Å². The van der Waals surface area contributed by atoms with Gasteiger partial charge in [0.05, 0.1) is 5.52 Å². The lowest BCUT2D eigenvalue weighted by molar-refractivity contribution is 0.0983. The highest BCUT2D eigenvalue weighted by atomic mass is 19.2. The number of rotatable bonds is 7. The summed E-state index contributed by atoms with van der Waals surface area (Å²) in [6, 6.07) is 19.5. The molecule has 0 bridgehead atoms. The second-order valence-electron chi connectivity index (χ2n) is 8.43. The van der Waals surface area contributed by atoms with Gasteiger partial charge in [0.15, 0.2) is 17.4 Å². The molecule has 0 fully saturated rings. The number of hydrogen-bond donors (Lipinski definition) is 1. The maximum absolute atomic E-state index is 13.6. The second kappa shape index (κ2) is 8.95. The molecule has 3 nitrogen and oxygen atoms in total. The van der Waals surface area contributed by atoms with Crippen molar-refractivity contribution in [1.29, 1.82) is 0 Å². The Hall–Kier alpha value is -3.47. The van der Waals surface area contributed by atoms with Crippen LogP contribution in [0.4, 0.5) is 14.5 Å². The zero-order valence-electron chi connectivity index (χ0n) is 18.2. The van der Waals surface area contributed by atoms with Crippen LogP contribution in [0.1, 0.15) is 53.4 Å². The summed E-state index contributed by atoms with van der Waals surface area (Å²) >= 11 is 0. The molecule has 0 saturated heterocycles. The molecule has 0 saturated carbocycles. The minimum absolute atomic E-state index is 0.0139. The molecule has 0 radical (unpaired) electrons. The molecule has 4 rings (SSSR count). The number of nitrogens with zero attached hydrogens (tertiary/aromatic N) is 1. The summed E-state index contributed by atoms with van der Waals surface area (Å²) in [6.45, 7) is 4.78. The molecule has 0 aliphatic carbocycles. The smallest absolute Gasteiger partial charge is 0.165 e. The van der Waals surface area contributed by atoms with E-state index >= 15 is 0 Å². The maximum Gasteiger partial charge on any atom is 0.165 e. The quantitative estimate of drug-likeness (QED) is 0.268. The van der Waals surface area contributed by atoms with Crippen molar-refractivity contribution < 1.29 is 13.6 Å². The van der Waals surface area contributed by atoms with Crippen LogP contribution < -0.4 is 5.73 Å². The summed E-state index contributed by atoms with van der Waals surface area (Å²) in [4.78, 5) is 13.4. The molecule has 4 aromatic rings. The number of Topliss-reactive ketones (excluding diaryl/α,β-unsaturated/α-hetero) is 1. The fourth-order valence-corrected chi connectivity index (χ4v) is 4.29. The first-order valence-electron chi connectivity index (χ1n) is 10.8. The standard InChI is InChI=1S/C27H26F2N2O/c1-17(2)27-26(25(32)13-9-18-8-12-22(28)23(29)14-18)21-11-10-20(30)15-24(21)31(27)16-19-6-4-3-5-7-19/h3-8,10-12,14-15,17H,9,13,16,30H2,1-2H3. The number of aromatic nitrogens is 1. The Morgan fingerprint density at radius 1 is 0.938 bits per heavy atom. The Morgan fingerprint density at radius 2 is 1.69 bits per heavy atom. The van der Waals surface area contributed by atoms with Crippen molar-refractivity contribution in [3.05, 3.63) is 101 Å². The van der Waals surface area contributed by atoms with E-state index in [4.69, 9.17) is 5.73 Å². The van der Waals surface area contributed by atoms with Gasteiger partial charge in [-0.2, -0.15) is 0 Å². The van der Waals surface area contributed by atoms with E-state index in [1.165, 1.54) is 6.07 Å². The topological polar surface area (TPSA) is 48.0 Å². The van der Waals surface area contributed by atoms with Crippen molar-refractivity contribution in [2.75, 3.05) is 5.73 Å². The third-order valence-electron chi connectivity index (χ3n) is 5.76. The van der Waals surface area contributed by atoms with Gasteiger partial charge >= 0.3 is 0 Å². The summed E-state index contributed by atoms with van der Waals surface area (Å²) < 4.78 is 29.0. The summed E-state index contributed by atoms with van der Waals surface area (Å²) in [5.74, 6) is -1.69. The van der Waals surface area contributed by atoms with Gasteiger partial charge in [0, 0.05) is 35.3 Å². The Kier molecular flexibility index (Phi) is 6.08. The zero-order valence-corrected chi connectivity index (χ0v) is 18.2. The van der Waals surface area contributed by atoms with Crippen LogP contribution in [0.25, 0.3) is 10.9 Å². The number of hydrogen-bond acceptors (Lipinski definition) is 2. The van der Waals surface area contributed by atoms with Crippen molar-refractivity contribution in [1.82, 2.24) is 4.57 Å². The number of carbonyl (C=O) groups is 1. The number of nitrogen functional groups attached to an aromatic ring is 1. The van der Waals surface area contributed by atoms with Gasteiger partial charge in [-0.25, -0.2) is 8.78 Å². The number of fused-ring (bicyclic) bond motifs is 1. The molecule has 0 amide bonds. The molecular formula is C27H26F2N2O. The Balaban J connectivity index is 1.76. The van der Waals surface area contributed by atoms with E-state index in [0.29, 0.717) is 29.8 Å². The van der Waals surface area contributed by atoms with Crippen LogP contribution in [0, 0.1) is 11.6 Å². The minimum Gasteiger partial charge on any atom is -0.399 e. The first kappa shape index (κ1) is 21.8. The molecule has 2 N–H and O–H groups in total. The first-order chi connectivity index (χ1) is 15.3.